The van der Waals surface area contributed by atoms with Gasteiger partial charge in [-0.15, -0.1) is 0 Å². The highest BCUT2D eigenvalue weighted by molar-refractivity contribution is 5.72. The minimum Gasteiger partial charge on any atom is -0.489 e. The Labute approximate surface area is 125 Å². The van der Waals surface area contributed by atoms with E-state index in [2.05, 4.69) is 16.7 Å². The van der Waals surface area contributed by atoms with Crippen molar-refractivity contribution in [2.75, 3.05) is 18.4 Å². The number of para-hydroxylation sites is 1. The summed E-state index contributed by atoms with van der Waals surface area (Å²) in [5, 5.41) is 6.02. The van der Waals surface area contributed by atoms with Crippen molar-refractivity contribution in [3.8, 4) is 5.75 Å². The van der Waals surface area contributed by atoms with Crippen molar-refractivity contribution in [1.29, 1.82) is 0 Å². The van der Waals surface area contributed by atoms with E-state index < -0.39 is 0 Å². The molecule has 4 heteroatoms. The Kier molecular flexibility index (Phi) is 5.64. The molecule has 0 aliphatic rings. The molecule has 0 unspecified atom stereocenters. The average molecular weight is 284 g/mol. The molecular weight excluding hydrogens is 264 g/mol. The molecule has 110 valence electrons. The third kappa shape index (κ3) is 5.57. The van der Waals surface area contributed by atoms with Crippen LogP contribution in [0.2, 0.25) is 0 Å². The molecule has 0 spiro atoms. The van der Waals surface area contributed by atoms with Gasteiger partial charge in [0, 0.05) is 25.7 Å². The lowest BCUT2D eigenvalue weighted by Crippen LogP contribution is -2.26. The van der Waals surface area contributed by atoms with Gasteiger partial charge in [0.25, 0.3) is 0 Å². The Balaban J connectivity index is 1.81. The van der Waals surface area contributed by atoms with Gasteiger partial charge in [-0.3, -0.25) is 4.79 Å². The van der Waals surface area contributed by atoms with Crippen LogP contribution >= 0.6 is 0 Å². The average Bonchev–Trinajstić information content (AvgIpc) is 2.51. The minimum absolute atomic E-state index is 0.0122. The molecule has 2 N–H and O–H groups in total. The standard InChI is InChI=1S/C17H20N2O2/c1-14(20)18-10-11-19-16-7-5-6-15(12-16)13-21-17-8-3-2-4-9-17/h2-9,12,19H,10-11,13H2,1H3,(H,18,20). The Morgan fingerprint density at radius 2 is 1.86 bits per heavy atom. The molecule has 2 aromatic rings. The molecule has 0 atom stereocenters. The summed E-state index contributed by atoms with van der Waals surface area (Å²) < 4.78 is 5.72. The van der Waals surface area contributed by atoms with E-state index in [1.165, 1.54) is 6.92 Å². The maximum absolute atomic E-state index is 10.8. The first-order valence-corrected chi connectivity index (χ1v) is 6.99. The third-order valence-corrected chi connectivity index (χ3v) is 2.90. The first kappa shape index (κ1) is 14.9. The molecule has 0 aromatic heterocycles. The smallest absolute Gasteiger partial charge is 0.216 e. The molecule has 0 radical (unpaired) electrons. The number of amides is 1. The zero-order valence-corrected chi connectivity index (χ0v) is 12.1. The second-order valence-electron chi connectivity index (χ2n) is 4.71. The van der Waals surface area contributed by atoms with Gasteiger partial charge in [-0.25, -0.2) is 0 Å². The van der Waals surface area contributed by atoms with Crippen molar-refractivity contribution in [3.63, 3.8) is 0 Å². The van der Waals surface area contributed by atoms with Gasteiger partial charge < -0.3 is 15.4 Å². The monoisotopic (exact) mass is 284 g/mol. The van der Waals surface area contributed by atoms with E-state index in [1.807, 2.05) is 48.5 Å². The zero-order chi connectivity index (χ0) is 14.9. The molecular formula is C17H20N2O2. The molecule has 0 saturated carbocycles. The molecule has 0 heterocycles. The quantitative estimate of drug-likeness (QED) is 0.769. The van der Waals surface area contributed by atoms with Gasteiger partial charge in [0.15, 0.2) is 0 Å². The molecule has 4 nitrogen and oxygen atoms in total. The van der Waals surface area contributed by atoms with Crippen molar-refractivity contribution in [3.05, 3.63) is 60.2 Å². The maximum Gasteiger partial charge on any atom is 0.216 e. The van der Waals surface area contributed by atoms with E-state index in [4.69, 9.17) is 4.74 Å². The fraction of sp³-hybridized carbons (Fsp3) is 0.235. The van der Waals surface area contributed by atoms with Crippen molar-refractivity contribution in [2.45, 2.75) is 13.5 Å². The Bertz CT molecular complexity index is 570. The summed E-state index contributed by atoms with van der Waals surface area (Å²) in [7, 11) is 0. The van der Waals surface area contributed by atoms with E-state index in [0.717, 1.165) is 17.0 Å². The molecule has 0 saturated heterocycles. The summed E-state index contributed by atoms with van der Waals surface area (Å²) in [6.07, 6.45) is 0. The van der Waals surface area contributed by atoms with Crippen LogP contribution in [-0.2, 0) is 11.4 Å². The van der Waals surface area contributed by atoms with Gasteiger partial charge in [0.1, 0.15) is 12.4 Å². The van der Waals surface area contributed by atoms with Crippen molar-refractivity contribution in [1.82, 2.24) is 5.32 Å². The second kappa shape index (κ2) is 7.94. The van der Waals surface area contributed by atoms with Gasteiger partial charge in [-0.1, -0.05) is 30.3 Å². The van der Waals surface area contributed by atoms with E-state index in [1.54, 1.807) is 0 Å². The highest BCUT2D eigenvalue weighted by atomic mass is 16.5. The fourth-order valence-corrected chi connectivity index (χ4v) is 1.90. The van der Waals surface area contributed by atoms with Crippen LogP contribution in [0, 0.1) is 0 Å². The summed E-state index contributed by atoms with van der Waals surface area (Å²) in [6.45, 7) is 3.36. The molecule has 0 bridgehead atoms. The number of carbonyl (C=O) groups excluding carboxylic acids is 1. The summed E-state index contributed by atoms with van der Waals surface area (Å²) >= 11 is 0. The number of hydrogen-bond donors (Lipinski definition) is 2. The second-order valence-corrected chi connectivity index (χ2v) is 4.71. The molecule has 2 aromatic carbocycles. The highest BCUT2D eigenvalue weighted by Crippen LogP contribution is 2.14. The lowest BCUT2D eigenvalue weighted by molar-refractivity contribution is -0.118. The maximum atomic E-state index is 10.8. The summed E-state index contributed by atoms with van der Waals surface area (Å²) in [5.74, 6) is 0.850. The van der Waals surface area contributed by atoms with Gasteiger partial charge in [-0.2, -0.15) is 0 Å². The molecule has 0 fully saturated rings. The first-order valence-electron chi connectivity index (χ1n) is 6.99. The van der Waals surface area contributed by atoms with Crippen molar-refractivity contribution in [2.24, 2.45) is 0 Å². The van der Waals surface area contributed by atoms with E-state index in [-0.39, 0.29) is 5.91 Å². The number of carbonyl (C=O) groups is 1. The lowest BCUT2D eigenvalue weighted by Gasteiger charge is -2.10. The SMILES string of the molecule is CC(=O)NCCNc1cccc(COc2ccccc2)c1. The molecule has 21 heavy (non-hydrogen) atoms. The van der Waals surface area contributed by atoms with E-state index in [9.17, 15) is 4.79 Å². The Morgan fingerprint density at radius 1 is 1.05 bits per heavy atom. The van der Waals surface area contributed by atoms with E-state index >= 15 is 0 Å². The molecule has 2 rings (SSSR count). The van der Waals surface area contributed by atoms with Crippen LogP contribution in [0.1, 0.15) is 12.5 Å². The Morgan fingerprint density at radius 3 is 2.62 bits per heavy atom. The summed E-state index contributed by atoms with van der Waals surface area (Å²) in [6, 6.07) is 17.8. The fourth-order valence-electron chi connectivity index (χ4n) is 1.90. The normalized spacial score (nSPS) is 9.95. The minimum atomic E-state index is -0.0122. The van der Waals surface area contributed by atoms with Crippen LogP contribution in [-0.4, -0.2) is 19.0 Å². The van der Waals surface area contributed by atoms with Gasteiger partial charge >= 0.3 is 0 Å². The van der Waals surface area contributed by atoms with Gasteiger partial charge in [-0.05, 0) is 29.8 Å². The summed E-state index contributed by atoms with van der Waals surface area (Å²) in [4.78, 5) is 10.8. The molecule has 0 aliphatic carbocycles. The van der Waals surface area contributed by atoms with Crippen LogP contribution in [0.15, 0.2) is 54.6 Å². The Hall–Kier alpha value is -2.49. The van der Waals surface area contributed by atoms with Crippen LogP contribution in [0.25, 0.3) is 0 Å². The summed E-state index contributed by atoms with van der Waals surface area (Å²) in [5.41, 5.74) is 2.12. The van der Waals surface area contributed by atoms with Crippen molar-refractivity contribution >= 4 is 11.6 Å². The van der Waals surface area contributed by atoms with E-state index in [0.29, 0.717) is 19.7 Å². The number of anilines is 1. The zero-order valence-electron chi connectivity index (χ0n) is 12.1. The predicted octanol–water partition coefficient (Wildman–Crippen LogP) is 2.81. The predicted molar refractivity (Wildman–Crippen MR) is 84.4 cm³/mol. The number of rotatable bonds is 7. The van der Waals surface area contributed by atoms with Crippen LogP contribution < -0.4 is 15.4 Å². The number of hydrogen-bond acceptors (Lipinski definition) is 3. The van der Waals surface area contributed by atoms with Gasteiger partial charge in [0.05, 0.1) is 0 Å². The molecule has 0 aliphatic heterocycles. The van der Waals surface area contributed by atoms with Crippen LogP contribution in [0.3, 0.4) is 0 Å². The number of ether oxygens (including phenoxy) is 1. The third-order valence-electron chi connectivity index (χ3n) is 2.90. The van der Waals surface area contributed by atoms with Crippen molar-refractivity contribution < 1.29 is 9.53 Å². The van der Waals surface area contributed by atoms with Crippen LogP contribution in [0.5, 0.6) is 5.75 Å². The topological polar surface area (TPSA) is 50.4 Å². The van der Waals surface area contributed by atoms with Crippen LogP contribution in [0.4, 0.5) is 5.69 Å². The largest absolute Gasteiger partial charge is 0.489 e. The first-order chi connectivity index (χ1) is 10.2. The number of benzene rings is 2. The molecule has 1 amide bonds. The number of nitrogens with one attached hydrogen (secondary N) is 2. The van der Waals surface area contributed by atoms with Gasteiger partial charge in [0.2, 0.25) is 5.91 Å². The highest BCUT2D eigenvalue weighted by Gasteiger charge is 1.98. The lowest BCUT2D eigenvalue weighted by atomic mass is 10.2.